The van der Waals surface area contributed by atoms with Gasteiger partial charge in [0, 0.05) is 0 Å². The number of esters is 1. The first-order valence-corrected chi connectivity index (χ1v) is 5.48. The van der Waals surface area contributed by atoms with Crippen molar-refractivity contribution in [3.63, 3.8) is 0 Å². The highest BCUT2D eigenvalue weighted by atomic mass is 16.5. The van der Waals surface area contributed by atoms with E-state index in [9.17, 15) is 4.79 Å². The molecule has 0 saturated carbocycles. The first kappa shape index (κ1) is 11.1. The Morgan fingerprint density at radius 3 is 3.06 bits per heavy atom. The summed E-state index contributed by atoms with van der Waals surface area (Å²) in [5, 5.41) is 0. The topological polar surface area (TPSA) is 61.6 Å². The van der Waals surface area contributed by atoms with Gasteiger partial charge in [0.25, 0.3) is 0 Å². The number of oxazole rings is 1. The maximum atomic E-state index is 11.6. The van der Waals surface area contributed by atoms with Crippen LogP contribution in [0.4, 0.5) is 0 Å². The SMILES string of the molecule is CCOC(=O)c1ncoc1C1CCC(C)O1. The van der Waals surface area contributed by atoms with Crippen LogP contribution in [-0.4, -0.2) is 23.7 Å². The summed E-state index contributed by atoms with van der Waals surface area (Å²) in [5.74, 6) is 0.0391. The molecule has 16 heavy (non-hydrogen) atoms. The van der Waals surface area contributed by atoms with Crippen molar-refractivity contribution in [2.24, 2.45) is 0 Å². The zero-order valence-electron chi connectivity index (χ0n) is 9.43. The predicted molar refractivity (Wildman–Crippen MR) is 55.0 cm³/mol. The quantitative estimate of drug-likeness (QED) is 0.737. The van der Waals surface area contributed by atoms with Crippen LogP contribution in [0.15, 0.2) is 10.8 Å². The van der Waals surface area contributed by atoms with Crippen molar-refractivity contribution in [3.05, 3.63) is 17.8 Å². The number of aromatic nitrogens is 1. The Labute approximate surface area is 93.7 Å². The number of hydrogen-bond acceptors (Lipinski definition) is 5. The molecule has 0 spiro atoms. The lowest BCUT2D eigenvalue weighted by Gasteiger charge is -2.08. The largest absolute Gasteiger partial charge is 0.461 e. The van der Waals surface area contributed by atoms with Crippen molar-refractivity contribution in [2.75, 3.05) is 6.61 Å². The van der Waals surface area contributed by atoms with E-state index < -0.39 is 5.97 Å². The summed E-state index contributed by atoms with van der Waals surface area (Å²) in [7, 11) is 0. The molecule has 0 N–H and O–H groups in total. The van der Waals surface area contributed by atoms with Gasteiger partial charge in [0.15, 0.2) is 17.8 Å². The molecule has 2 rings (SSSR count). The molecule has 5 heteroatoms. The van der Waals surface area contributed by atoms with E-state index in [1.54, 1.807) is 6.92 Å². The van der Waals surface area contributed by atoms with Crippen LogP contribution in [-0.2, 0) is 9.47 Å². The third-order valence-electron chi connectivity index (χ3n) is 2.59. The summed E-state index contributed by atoms with van der Waals surface area (Å²) in [6, 6.07) is 0. The molecule has 0 amide bonds. The van der Waals surface area contributed by atoms with E-state index in [1.165, 1.54) is 6.39 Å². The zero-order valence-corrected chi connectivity index (χ0v) is 9.43. The van der Waals surface area contributed by atoms with Crippen LogP contribution >= 0.6 is 0 Å². The fourth-order valence-corrected chi connectivity index (χ4v) is 1.83. The van der Waals surface area contributed by atoms with Crippen LogP contribution in [0.5, 0.6) is 0 Å². The van der Waals surface area contributed by atoms with Gasteiger partial charge in [-0.15, -0.1) is 0 Å². The van der Waals surface area contributed by atoms with Crippen molar-refractivity contribution in [1.82, 2.24) is 4.98 Å². The van der Waals surface area contributed by atoms with E-state index in [0.29, 0.717) is 12.4 Å². The van der Waals surface area contributed by atoms with Crippen LogP contribution in [0.25, 0.3) is 0 Å². The number of ether oxygens (including phenoxy) is 2. The molecule has 1 fully saturated rings. The second kappa shape index (κ2) is 4.65. The van der Waals surface area contributed by atoms with Gasteiger partial charge in [0.1, 0.15) is 6.10 Å². The first-order valence-electron chi connectivity index (χ1n) is 5.48. The molecule has 1 aliphatic heterocycles. The number of carbonyl (C=O) groups excluding carboxylic acids is 1. The van der Waals surface area contributed by atoms with Crippen LogP contribution < -0.4 is 0 Å². The maximum Gasteiger partial charge on any atom is 0.360 e. The standard InChI is InChI=1S/C11H15NO4/c1-3-14-11(13)9-10(15-6-12-9)8-5-4-7(2)16-8/h6-8H,3-5H2,1-2H3. The molecule has 0 bridgehead atoms. The predicted octanol–water partition coefficient (Wildman–Crippen LogP) is 2.09. The Kier molecular flexibility index (Phi) is 3.24. The number of carbonyl (C=O) groups is 1. The number of rotatable bonds is 3. The Morgan fingerprint density at radius 1 is 1.62 bits per heavy atom. The Bertz CT molecular complexity index is 374. The lowest BCUT2D eigenvalue weighted by atomic mass is 10.1. The molecular formula is C11H15NO4. The summed E-state index contributed by atoms with van der Waals surface area (Å²) in [4.78, 5) is 15.4. The second-order valence-electron chi connectivity index (χ2n) is 3.80. The molecule has 0 aromatic carbocycles. The van der Waals surface area contributed by atoms with Gasteiger partial charge < -0.3 is 13.9 Å². The molecule has 2 atom stereocenters. The first-order chi connectivity index (χ1) is 7.72. The Morgan fingerprint density at radius 2 is 2.44 bits per heavy atom. The van der Waals surface area contributed by atoms with E-state index >= 15 is 0 Å². The molecule has 1 aromatic rings. The minimum atomic E-state index is -0.450. The summed E-state index contributed by atoms with van der Waals surface area (Å²) in [5.41, 5.74) is 0.237. The smallest absolute Gasteiger partial charge is 0.360 e. The van der Waals surface area contributed by atoms with E-state index in [4.69, 9.17) is 13.9 Å². The normalized spacial score (nSPS) is 24.6. The highest BCUT2D eigenvalue weighted by Gasteiger charge is 2.31. The molecule has 1 saturated heterocycles. The van der Waals surface area contributed by atoms with Crippen LogP contribution in [0.2, 0.25) is 0 Å². The maximum absolute atomic E-state index is 11.6. The van der Waals surface area contributed by atoms with Gasteiger partial charge in [-0.2, -0.15) is 0 Å². The van der Waals surface area contributed by atoms with Gasteiger partial charge >= 0.3 is 5.97 Å². The van der Waals surface area contributed by atoms with Crippen LogP contribution in [0.3, 0.4) is 0 Å². The third kappa shape index (κ3) is 2.09. The lowest BCUT2D eigenvalue weighted by Crippen LogP contribution is -2.10. The molecule has 1 aromatic heterocycles. The van der Waals surface area contributed by atoms with Crippen molar-refractivity contribution >= 4 is 5.97 Å². The fraction of sp³-hybridized carbons (Fsp3) is 0.636. The monoisotopic (exact) mass is 225 g/mol. The van der Waals surface area contributed by atoms with Gasteiger partial charge in [-0.25, -0.2) is 9.78 Å². The van der Waals surface area contributed by atoms with Gasteiger partial charge in [0.2, 0.25) is 0 Å². The van der Waals surface area contributed by atoms with Crippen molar-refractivity contribution < 1.29 is 18.7 Å². The highest BCUT2D eigenvalue weighted by Crippen LogP contribution is 2.34. The highest BCUT2D eigenvalue weighted by molar-refractivity contribution is 5.88. The van der Waals surface area contributed by atoms with E-state index in [0.717, 1.165) is 12.8 Å². The Hall–Kier alpha value is -1.36. The van der Waals surface area contributed by atoms with E-state index in [2.05, 4.69) is 4.98 Å². The second-order valence-corrected chi connectivity index (χ2v) is 3.80. The molecule has 2 unspecified atom stereocenters. The summed E-state index contributed by atoms with van der Waals surface area (Å²) in [6.07, 6.45) is 3.10. The van der Waals surface area contributed by atoms with Crippen LogP contribution in [0.1, 0.15) is 49.0 Å². The molecule has 5 nitrogen and oxygen atoms in total. The average molecular weight is 225 g/mol. The minimum Gasteiger partial charge on any atom is -0.461 e. The third-order valence-corrected chi connectivity index (χ3v) is 2.59. The molecule has 1 aliphatic rings. The Balaban J connectivity index is 2.15. The number of nitrogens with zero attached hydrogens (tertiary/aromatic N) is 1. The number of hydrogen-bond donors (Lipinski definition) is 0. The summed E-state index contributed by atoms with van der Waals surface area (Å²) >= 11 is 0. The van der Waals surface area contributed by atoms with Gasteiger partial charge in [0.05, 0.1) is 12.7 Å². The molecule has 88 valence electrons. The summed E-state index contributed by atoms with van der Waals surface area (Å²) < 4.78 is 15.8. The molecule has 0 radical (unpaired) electrons. The zero-order chi connectivity index (χ0) is 11.5. The molecular weight excluding hydrogens is 210 g/mol. The molecule has 0 aliphatic carbocycles. The minimum absolute atomic E-state index is 0.170. The summed E-state index contributed by atoms with van der Waals surface area (Å²) in [6.45, 7) is 4.08. The molecule has 2 heterocycles. The van der Waals surface area contributed by atoms with Gasteiger partial charge in [-0.3, -0.25) is 0 Å². The average Bonchev–Trinajstić information content (AvgIpc) is 2.85. The van der Waals surface area contributed by atoms with Crippen molar-refractivity contribution in [3.8, 4) is 0 Å². The van der Waals surface area contributed by atoms with Gasteiger partial charge in [-0.05, 0) is 26.7 Å². The van der Waals surface area contributed by atoms with Crippen molar-refractivity contribution in [2.45, 2.75) is 38.9 Å². The lowest BCUT2D eigenvalue weighted by molar-refractivity contribution is 0.0372. The van der Waals surface area contributed by atoms with E-state index in [-0.39, 0.29) is 17.9 Å². The fourth-order valence-electron chi connectivity index (χ4n) is 1.83. The van der Waals surface area contributed by atoms with Gasteiger partial charge in [-0.1, -0.05) is 0 Å². The van der Waals surface area contributed by atoms with Crippen molar-refractivity contribution in [1.29, 1.82) is 0 Å². The van der Waals surface area contributed by atoms with Crippen LogP contribution in [0, 0.1) is 0 Å². The van der Waals surface area contributed by atoms with E-state index in [1.807, 2.05) is 6.92 Å².